The molecule has 2 amide bonds. The Morgan fingerprint density at radius 2 is 2.07 bits per heavy atom. The van der Waals surface area contributed by atoms with Crippen molar-refractivity contribution in [1.82, 2.24) is 25.0 Å². The molecule has 0 fully saturated rings. The van der Waals surface area contributed by atoms with Crippen molar-refractivity contribution < 1.29 is 9.59 Å². The monoisotopic (exact) mass is 455 g/mol. The highest BCUT2D eigenvalue weighted by Gasteiger charge is 2.29. The molecule has 3 heterocycles. The average Bonchev–Trinajstić information content (AvgIpc) is 3.15. The number of carbonyl (C=O) groups excluding carboxylic acids is 2. The van der Waals surface area contributed by atoms with Crippen LogP contribution in [0.15, 0.2) is 35.1 Å². The number of benzene rings is 1. The summed E-state index contributed by atoms with van der Waals surface area (Å²) in [7, 11) is 1.78. The molecule has 8 heteroatoms. The van der Waals surface area contributed by atoms with Gasteiger partial charge in [0.15, 0.2) is 5.69 Å². The van der Waals surface area contributed by atoms with Gasteiger partial charge in [-0.2, -0.15) is 5.10 Å². The lowest BCUT2D eigenvalue weighted by Crippen LogP contribution is -2.37. The molecule has 150 valence electrons. The van der Waals surface area contributed by atoms with Crippen LogP contribution in [-0.4, -0.2) is 56.4 Å². The summed E-state index contributed by atoms with van der Waals surface area (Å²) in [6.45, 7) is 4.90. The predicted molar refractivity (Wildman–Crippen MR) is 114 cm³/mol. The zero-order valence-electron chi connectivity index (χ0n) is 16.6. The normalized spacial score (nSPS) is 13.6. The van der Waals surface area contributed by atoms with Crippen molar-refractivity contribution in [2.45, 2.75) is 32.9 Å². The highest BCUT2D eigenvalue weighted by molar-refractivity contribution is 9.10. The number of halogens is 1. The lowest BCUT2D eigenvalue weighted by molar-refractivity contribution is 0.0732. The van der Waals surface area contributed by atoms with Crippen molar-refractivity contribution in [3.63, 3.8) is 0 Å². The van der Waals surface area contributed by atoms with Crippen molar-refractivity contribution >= 4 is 38.5 Å². The van der Waals surface area contributed by atoms with E-state index >= 15 is 0 Å². The fourth-order valence-electron chi connectivity index (χ4n) is 3.51. The number of H-pyrrole nitrogens is 1. The van der Waals surface area contributed by atoms with E-state index in [-0.39, 0.29) is 17.9 Å². The molecule has 1 aromatic carbocycles. The Morgan fingerprint density at radius 1 is 1.28 bits per heavy atom. The fourth-order valence-corrected chi connectivity index (χ4v) is 3.98. The van der Waals surface area contributed by atoms with E-state index in [9.17, 15) is 9.59 Å². The summed E-state index contributed by atoms with van der Waals surface area (Å²) in [5, 5.41) is 9.15. The number of aromatic nitrogens is 3. The van der Waals surface area contributed by atoms with Gasteiger partial charge >= 0.3 is 0 Å². The second-order valence-electron chi connectivity index (χ2n) is 7.57. The number of aromatic amines is 1. The lowest BCUT2D eigenvalue weighted by Gasteiger charge is -2.27. The Labute approximate surface area is 177 Å². The first kappa shape index (κ1) is 19.6. The molecule has 4 rings (SSSR count). The van der Waals surface area contributed by atoms with Gasteiger partial charge in [-0.15, -0.1) is 0 Å². The maximum Gasteiger partial charge on any atom is 0.274 e. The Kier molecular flexibility index (Phi) is 5.12. The third kappa shape index (κ3) is 3.53. The lowest BCUT2D eigenvalue weighted by atomic mass is 10.0. The van der Waals surface area contributed by atoms with Gasteiger partial charge < -0.3 is 9.80 Å². The molecule has 0 saturated heterocycles. The van der Waals surface area contributed by atoms with Gasteiger partial charge in [0, 0.05) is 53.0 Å². The third-order valence-electron chi connectivity index (χ3n) is 5.48. The summed E-state index contributed by atoms with van der Waals surface area (Å²) < 4.78 is 0.858. The predicted octanol–water partition coefficient (Wildman–Crippen LogP) is 3.40. The van der Waals surface area contributed by atoms with Crippen molar-refractivity contribution in [2.75, 3.05) is 13.6 Å². The first-order valence-electron chi connectivity index (χ1n) is 9.52. The summed E-state index contributed by atoms with van der Waals surface area (Å²) in [5.74, 6) is -0.131. The van der Waals surface area contributed by atoms with Gasteiger partial charge in [0.2, 0.25) is 0 Å². The molecule has 0 aliphatic carbocycles. The molecule has 1 aliphatic heterocycles. The summed E-state index contributed by atoms with van der Waals surface area (Å²) in [4.78, 5) is 33.4. The number of amides is 2. The van der Waals surface area contributed by atoms with E-state index < -0.39 is 0 Å². The molecule has 0 bridgehead atoms. The second kappa shape index (κ2) is 7.59. The molecule has 1 N–H and O–H groups in total. The van der Waals surface area contributed by atoms with Gasteiger partial charge in [0.05, 0.1) is 12.2 Å². The smallest absolute Gasteiger partial charge is 0.274 e. The first-order valence-corrected chi connectivity index (χ1v) is 10.3. The third-order valence-corrected chi connectivity index (χ3v) is 6.11. The molecule has 0 radical (unpaired) electrons. The summed E-state index contributed by atoms with van der Waals surface area (Å²) in [5.41, 5.74) is 2.84. The molecule has 7 nitrogen and oxygen atoms in total. The number of hydrogen-bond donors (Lipinski definition) is 1. The molecular weight excluding hydrogens is 434 g/mol. The van der Waals surface area contributed by atoms with Crippen LogP contribution < -0.4 is 0 Å². The zero-order chi connectivity index (χ0) is 20.7. The SMILES string of the molecule is CC(C)N(C)C(=O)c1n[nH]c2c1CCN(C(=O)c1ccc3cncc(Br)c3c1)C2. The van der Waals surface area contributed by atoms with Crippen molar-refractivity contribution in [3.05, 3.63) is 57.6 Å². The van der Waals surface area contributed by atoms with Crippen LogP contribution in [0.3, 0.4) is 0 Å². The quantitative estimate of drug-likeness (QED) is 0.655. The number of hydrogen-bond acceptors (Lipinski definition) is 4. The van der Waals surface area contributed by atoms with Crippen LogP contribution in [0.4, 0.5) is 0 Å². The minimum atomic E-state index is -0.0923. The number of carbonyl (C=O) groups is 2. The fraction of sp³-hybridized carbons (Fsp3) is 0.333. The van der Waals surface area contributed by atoms with Crippen molar-refractivity contribution in [3.8, 4) is 0 Å². The number of rotatable bonds is 3. The van der Waals surface area contributed by atoms with Gasteiger partial charge in [-0.25, -0.2) is 0 Å². The topological polar surface area (TPSA) is 82.2 Å². The van der Waals surface area contributed by atoms with Gasteiger partial charge in [-0.1, -0.05) is 6.07 Å². The van der Waals surface area contributed by atoms with Gasteiger partial charge in [-0.3, -0.25) is 19.7 Å². The van der Waals surface area contributed by atoms with E-state index in [1.165, 1.54) is 0 Å². The molecule has 0 atom stereocenters. The van der Waals surface area contributed by atoms with Crippen molar-refractivity contribution in [2.24, 2.45) is 0 Å². The highest BCUT2D eigenvalue weighted by Crippen LogP contribution is 2.26. The van der Waals surface area contributed by atoms with Crippen LogP contribution in [0, 0.1) is 0 Å². The van der Waals surface area contributed by atoms with E-state index in [1.54, 1.807) is 29.2 Å². The van der Waals surface area contributed by atoms with Crippen LogP contribution in [0.5, 0.6) is 0 Å². The van der Waals surface area contributed by atoms with Gasteiger partial charge in [-0.05, 0) is 53.7 Å². The minimum absolute atomic E-state index is 0.0389. The van der Waals surface area contributed by atoms with E-state index in [1.807, 2.05) is 32.0 Å². The summed E-state index contributed by atoms with van der Waals surface area (Å²) in [6, 6.07) is 5.72. The minimum Gasteiger partial charge on any atom is -0.338 e. The first-order chi connectivity index (χ1) is 13.9. The van der Waals surface area contributed by atoms with E-state index in [2.05, 4.69) is 31.1 Å². The molecule has 2 aromatic heterocycles. The number of fused-ring (bicyclic) bond motifs is 2. The van der Waals surface area contributed by atoms with E-state index in [4.69, 9.17) is 0 Å². The summed E-state index contributed by atoms with van der Waals surface area (Å²) >= 11 is 3.50. The van der Waals surface area contributed by atoms with E-state index in [0.29, 0.717) is 30.8 Å². The Morgan fingerprint density at radius 3 is 2.83 bits per heavy atom. The number of nitrogens with one attached hydrogen (secondary N) is 1. The summed E-state index contributed by atoms with van der Waals surface area (Å²) in [6.07, 6.45) is 4.10. The molecule has 1 aliphatic rings. The molecule has 29 heavy (non-hydrogen) atoms. The molecule has 0 unspecified atom stereocenters. The number of pyridine rings is 1. The Bertz CT molecular complexity index is 1110. The van der Waals surface area contributed by atoms with Crippen molar-refractivity contribution in [1.29, 1.82) is 0 Å². The van der Waals surface area contributed by atoms with Crippen LogP contribution in [0.1, 0.15) is 46.0 Å². The molecular formula is C21H22BrN5O2. The number of nitrogens with zero attached hydrogens (tertiary/aromatic N) is 4. The van der Waals surface area contributed by atoms with Crippen LogP contribution in [0.25, 0.3) is 10.8 Å². The van der Waals surface area contributed by atoms with Crippen LogP contribution in [0.2, 0.25) is 0 Å². The largest absolute Gasteiger partial charge is 0.338 e. The maximum atomic E-state index is 13.1. The molecule has 0 spiro atoms. The molecule has 3 aromatic rings. The van der Waals surface area contributed by atoms with Gasteiger partial charge in [0.25, 0.3) is 11.8 Å². The standard InChI is InChI=1S/C21H22BrN5O2/c1-12(2)26(3)21(29)19-15-6-7-27(11-18(15)24-25-19)20(28)13-4-5-14-9-23-10-17(22)16(14)8-13/h4-5,8-10,12H,6-7,11H2,1-3H3,(H,24,25). The van der Waals surface area contributed by atoms with Crippen LogP contribution in [-0.2, 0) is 13.0 Å². The Hall–Kier alpha value is -2.74. The highest BCUT2D eigenvalue weighted by atomic mass is 79.9. The second-order valence-corrected chi connectivity index (χ2v) is 8.43. The maximum absolute atomic E-state index is 13.1. The molecule has 0 saturated carbocycles. The van der Waals surface area contributed by atoms with Gasteiger partial charge in [0.1, 0.15) is 0 Å². The van der Waals surface area contributed by atoms with Crippen LogP contribution >= 0.6 is 15.9 Å². The van der Waals surface area contributed by atoms with E-state index in [0.717, 1.165) is 26.5 Å². The zero-order valence-corrected chi connectivity index (χ0v) is 18.2. The average molecular weight is 456 g/mol. The Balaban J connectivity index is 1.57.